The summed E-state index contributed by atoms with van der Waals surface area (Å²) >= 11 is 6.31. The van der Waals surface area contributed by atoms with Gasteiger partial charge in [0.15, 0.2) is 0 Å². The maximum absolute atomic E-state index is 13.3. The fraction of sp³-hybridized carbons (Fsp3) is 0.321. The molecular weight excluding hydrogens is 477 g/mol. The molecule has 0 bridgehead atoms. The Balaban J connectivity index is 1.26. The lowest BCUT2D eigenvalue weighted by Gasteiger charge is -2.32. The number of rotatable bonds is 9. The van der Waals surface area contributed by atoms with Crippen molar-refractivity contribution >= 4 is 28.9 Å². The number of nitrogens with zero attached hydrogens (tertiary/aromatic N) is 3. The van der Waals surface area contributed by atoms with Gasteiger partial charge in [0.25, 0.3) is 5.91 Å². The van der Waals surface area contributed by atoms with Gasteiger partial charge in [-0.25, -0.2) is 14.8 Å². The second-order valence-electron chi connectivity index (χ2n) is 8.96. The van der Waals surface area contributed by atoms with Crippen LogP contribution in [0.15, 0.2) is 72.0 Å². The van der Waals surface area contributed by atoms with Gasteiger partial charge in [0.1, 0.15) is 11.5 Å². The number of carbonyl (C=O) groups is 1. The molecule has 8 heteroatoms. The molecule has 0 spiro atoms. The predicted molar refractivity (Wildman–Crippen MR) is 143 cm³/mol. The number of nitrogens with one attached hydrogen (secondary N) is 2. The van der Waals surface area contributed by atoms with Crippen LogP contribution in [0.4, 0.5) is 10.1 Å². The van der Waals surface area contributed by atoms with Gasteiger partial charge in [-0.15, -0.1) is 0 Å². The van der Waals surface area contributed by atoms with E-state index in [0.29, 0.717) is 18.2 Å². The number of carbonyl (C=O) groups excluding carboxylic acids is 1. The van der Waals surface area contributed by atoms with E-state index in [0.717, 1.165) is 66.4 Å². The van der Waals surface area contributed by atoms with Gasteiger partial charge in [0.2, 0.25) is 0 Å². The Morgan fingerprint density at radius 1 is 1.14 bits per heavy atom. The minimum atomic E-state index is -0.339. The molecule has 3 aromatic rings. The zero-order chi connectivity index (χ0) is 25.3. The van der Waals surface area contributed by atoms with Crippen LogP contribution in [0.1, 0.15) is 47.8 Å². The molecule has 0 saturated carbocycles. The number of anilines is 1. The van der Waals surface area contributed by atoms with E-state index in [1.807, 2.05) is 24.3 Å². The Morgan fingerprint density at radius 3 is 2.64 bits per heavy atom. The first-order valence-corrected chi connectivity index (χ1v) is 12.7. The summed E-state index contributed by atoms with van der Waals surface area (Å²) in [5.74, 6) is -0.261. The molecule has 1 aliphatic rings. The molecule has 2 aromatic carbocycles. The number of piperidine rings is 1. The lowest BCUT2D eigenvalue weighted by Crippen LogP contribution is -2.36. The molecule has 0 atom stereocenters. The number of pyridine rings is 1. The second-order valence-corrected chi connectivity index (χ2v) is 9.36. The summed E-state index contributed by atoms with van der Waals surface area (Å²) in [6, 6.07) is 17.8. The summed E-state index contributed by atoms with van der Waals surface area (Å²) in [6.45, 7) is 5.31. The summed E-state index contributed by atoms with van der Waals surface area (Å²) in [5.41, 5.74) is 6.71. The van der Waals surface area contributed by atoms with Crippen molar-refractivity contribution in [2.75, 3.05) is 18.4 Å². The third-order valence-electron chi connectivity index (χ3n) is 6.46. The lowest BCUT2D eigenvalue weighted by molar-refractivity contribution is 0.0949. The van der Waals surface area contributed by atoms with E-state index in [2.05, 4.69) is 38.7 Å². The van der Waals surface area contributed by atoms with Crippen LogP contribution in [-0.4, -0.2) is 34.6 Å². The van der Waals surface area contributed by atoms with Crippen molar-refractivity contribution < 1.29 is 9.18 Å². The Morgan fingerprint density at radius 2 is 1.94 bits per heavy atom. The topological polar surface area (TPSA) is 69.6 Å². The normalized spacial score (nSPS) is 15.0. The molecule has 36 heavy (non-hydrogen) atoms. The van der Waals surface area contributed by atoms with Crippen LogP contribution < -0.4 is 10.7 Å². The first-order chi connectivity index (χ1) is 17.5. The van der Waals surface area contributed by atoms with Gasteiger partial charge < -0.3 is 5.32 Å². The molecule has 1 amide bonds. The Hall–Kier alpha value is -3.29. The van der Waals surface area contributed by atoms with E-state index in [9.17, 15) is 9.18 Å². The standard InChI is InChI=1S/C28H31ClFN5O/c1-2-26(21-12-14-35(15-13-21)19-22-7-3-4-9-25(22)29)33-34-28(36)27-11-10-24(18-32-27)31-17-20-6-5-8-23(30)16-20/h3-11,16,18,21,31H,2,12-15,17,19H2,1H3,(H,34,36). The Bertz CT molecular complexity index is 1190. The van der Waals surface area contributed by atoms with E-state index >= 15 is 0 Å². The zero-order valence-electron chi connectivity index (χ0n) is 20.4. The molecule has 1 saturated heterocycles. The molecule has 1 aromatic heterocycles. The molecular formula is C28H31ClFN5O. The highest BCUT2D eigenvalue weighted by Gasteiger charge is 2.23. The van der Waals surface area contributed by atoms with E-state index in [4.69, 9.17) is 11.6 Å². The van der Waals surface area contributed by atoms with Gasteiger partial charge in [-0.1, -0.05) is 48.9 Å². The smallest absolute Gasteiger partial charge is 0.289 e. The van der Waals surface area contributed by atoms with Crippen molar-refractivity contribution in [3.05, 3.63) is 94.5 Å². The SMILES string of the molecule is CCC(=NNC(=O)c1ccc(NCc2cccc(F)c2)cn1)C1CCN(Cc2ccccc2Cl)CC1. The van der Waals surface area contributed by atoms with Crippen molar-refractivity contribution in [2.24, 2.45) is 11.0 Å². The molecule has 188 valence electrons. The third kappa shape index (κ3) is 7.12. The number of likely N-dealkylation sites (tertiary alicyclic amines) is 1. The van der Waals surface area contributed by atoms with E-state index in [-0.39, 0.29) is 11.7 Å². The zero-order valence-corrected chi connectivity index (χ0v) is 21.1. The number of aromatic nitrogens is 1. The fourth-order valence-corrected chi connectivity index (χ4v) is 4.61. The van der Waals surface area contributed by atoms with E-state index in [1.165, 1.54) is 12.1 Å². The van der Waals surface area contributed by atoms with Gasteiger partial charge in [-0.2, -0.15) is 5.10 Å². The first kappa shape index (κ1) is 25.8. The molecule has 4 rings (SSSR count). The van der Waals surface area contributed by atoms with E-state index < -0.39 is 0 Å². The molecule has 1 fully saturated rings. The van der Waals surface area contributed by atoms with Crippen molar-refractivity contribution in [2.45, 2.75) is 39.3 Å². The third-order valence-corrected chi connectivity index (χ3v) is 6.82. The maximum Gasteiger partial charge on any atom is 0.289 e. The number of hydrogen-bond acceptors (Lipinski definition) is 5. The highest BCUT2D eigenvalue weighted by Crippen LogP contribution is 2.24. The largest absolute Gasteiger partial charge is 0.380 e. The average Bonchev–Trinajstić information content (AvgIpc) is 2.90. The number of hydrazone groups is 1. The molecule has 1 aliphatic heterocycles. The van der Waals surface area contributed by atoms with Crippen molar-refractivity contribution in [1.29, 1.82) is 0 Å². The van der Waals surface area contributed by atoms with Crippen LogP contribution in [0.5, 0.6) is 0 Å². The summed E-state index contributed by atoms with van der Waals surface area (Å²) in [6.07, 6.45) is 4.37. The minimum absolute atomic E-state index is 0.269. The fourth-order valence-electron chi connectivity index (χ4n) is 4.41. The van der Waals surface area contributed by atoms with Crippen LogP contribution in [-0.2, 0) is 13.1 Å². The molecule has 2 heterocycles. The van der Waals surface area contributed by atoms with Crippen LogP contribution in [0.2, 0.25) is 5.02 Å². The van der Waals surface area contributed by atoms with Crippen molar-refractivity contribution in [3.63, 3.8) is 0 Å². The quantitative estimate of drug-likeness (QED) is 0.280. The summed E-state index contributed by atoms with van der Waals surface area (Å²) < 4.78 is 13.3. The second kappa shape index (κ2) is 12.6. The van der Waals surface area contributed by atoms with Gasteiger partial charge in [0, 0.05) is 29.7 Å². The summed E-state index contributed by atoms with van der Waals surface area (Å²) in [7, 11) is 0. The number of hydrogen-bond donors (Lipinski definition) is 2. The highest BCUT2D eigenvalue weighted by atomic mass is 35.5. The number of halogens is 2. The number of amides is 1. The molecule has 2 N–H and O–H groups in total. The van der Waals surface area contributed by atoms with Gasteiger partial charge in [-0.05, 0) is 73.8 Å². The summed E-state index contributed by atoms with van der Waals surface area (Å²) in [5, 5.41) is 8.44. The molecule has 6 nitrogen and oxygen atoms in total. The van der Waals surface area contributed by atoms with Crippen LogP contribution in [0.25, 0.3) is 0 Å². The minimum Gasteiger partial charge on any atom is -0.380 e. The lowest BCUT2D eigenvalue weighted by atomic mass is 9.90. The highest BCUT2D eigenvalue weighted by molar-refractivity contribution is 6.31. The Labute approximate surface area is 216 Å². The average molecular weight is 508 g/mol. The Kier molecular flexibility index (Phi) is 9.03. The van der Waals surface area contributed by atoms with Gasteiger partial charge in [0.05, 0.1) is 11.9 Å². The van der Waals surface area contributed by atoms with Crippen LogP contribution in [0, 0.1) is 11.7 Å². The maximum atomic E-state index is 13.3. The number of benzene rings is 2. The molecule has 0 aliphatic carbocycles. The van der Waals surface area contributed by atoms with Crippen molar-refractivity contribution in [1.82, 2.24) is 15.3 Å². The van der Waals surface area contributed by atoms with Gasteiger partial charge >= 0.3 is 0 Å². The van der Waals surface area contributed by atoms with Gasteiger partial charge in [-0.3, -0.25) is 9.69 Å². The molecule has 0 unspecified atom stereocenters. The van der Waals surface area contributed by atoms with E-state index in [1.54, 1.807) is 24.4 Å². The first-order valence-electron chi connectivity index (χ1n) is 12.3. The predicted octanol–water partition coefficient (Wildman–Crippen LogP) is 5.89. The monoisotopic (exact) mass is 507 g/mol. The van der Waals surface area contributed by atoms with Crippen LogP contribution in [0.3, 0.4) is 0 Å². The van der Waals surface area contributed by atoms with Crippen molar-refractivity contribution in [3.8, 4) is 0 Å². The molecule has 0 radical (unpaired) electrons. The van der Waals surface area contributed by atoms with Crippen LogP contribution >= 0.6 is 11.6 Å². The summed E-state index contributed by atoms with van der Waals surface area (Å²) in [4.78, 5) is 19.3.